The van der Waals surface area contributed by atoms with Crippen LogP contribution in [-0.2, 0) is 25.5 Å². The van der Waals surface area contributed by atoms with Crippen molar-refractivity contribution in [3.63, 3.8) is 0 Å². The number of nitrogens with one attached hydrogen (secondary N) is 1. The van der Waals surface area contributed by atoms with Gasteiger partial charge >= 0.3 is 11.9 Å². The molecule has 0 unspecified atom stereocenters. The average Bonchev–Trinajstić information content (AvgIpc) is 2.90. The minimum absolute atomic E-state index is 0.0299. The highest BCUT2D eigenvalue weighted by Crippen LogP contribution is 2.36. The van der Waals surface area contributed by atoms with E-state index in [2.05, 4.69) is 5.32 Å². The molecule has 1 aromatic rings. The summed E-state index contributed by atoms with van der Waals surface area (Å²) >= 11 is 0. The van der Waals surface area contributed by atoms with E-state index in [-0.39, 0.29) is 49.1 Å². The van der Waals surface area contributed by atoms with Crippen LogP contribution in [-0.4, -0.2) is 65.8 Å². The molecule has 1 fully saturated rings. The summed E-state index contributed by atoms with van der Waals surface area (Å²) < 4.78 is 17.1. The van der Waals surface area contributed by atoms with Crippen LogP contribution in [0.1, 0.15) is 76.3 Å². The molecule has 1 heterocycles. The Morgan fingerprint density at radius 3 is 2.54 bits per heavy atom. The molecule has 0 saturated heterocycles. The van der Waals surface area contributed by atoms with Gasteiger partial charge in [0.1, 0.15) is 18.8 Å². The molecular weight excluding hydrogens is 528 g/mol. The molecule has 6 N–H and O–H groups in total. The normalized spacial score (nSPS) is 20.8. The van der Waals surface area contributed by atoms with Crippen molar-refractivity contribution < 1.29 is 39.1 Å². The first kappa shape index (κ1) is 32.3. The maximum atomic E-state index is 12.1. The third-order valence-corrected chi connectivity index (χ3v) is 7.77. The molecule has 0 radical (unpaired) electrons. The van der Waals surface area contributed by atoms with E-state index >= 15 is 0 Å². The first-order chi connectivity index (χ1) is 19.7. The number of aliphatic hydroxyl groups is 2. The van der Waals surface area contributed by atoms with E-state index < -0.39 is 18.2 Å². The van der Waals surface area contributed by atoms with Crippen LogP contribution < -0.4 is 15.8 Å². The molecule has 10 heteroatoms. The van der Waals surface area contributed by atoms with Crippen molar-refractivity contribution >= 4 is 17.5 Å². The first-order valence-electron chi connectivity index (χ1n) is 14.7. The van der Waals surface area contributed by atoms with Gasteiger partial charge in [0.15, 0.2) is 11.5 Å². The zero-order valence-corrected chi connectivity index (χ0v) is 24.3. The SMILES string of the molecule is CC(=O)O[C@H](CCc1cc(OCCO)c(O)cc1C1=CCNC(N)=C1)C[C@@H](OC(C)=O)[C@H]1CCCCC[C@@H](CO)C1. The third-order valence-electron chi connectivity index (χ3n) is 7.77. The van der Waals surface area contributed by atoms with Gasteiger partial charge in [0.25, 0.3) is 0 Å². The summed E-state index contributed by atoms with van der Waals surface area (Å²) in [6.45, 7) is 3.23. The Labute approximate surface area is 242 Å². The molecule has 0 amide bonds. The van der Waals surface area contributed by atoms with Crippen LogP contribution in [0.2, 0.25) is 0 Å². The zero-order valence-electron chi connectivity index (χ0n) is 24.3. The van der Waals surface area contributed by atoms with Crippen molar-refractivity contribution in [2.45, 2.75) is 83.8 Å². The fourth-order valence-electron chi connectivity index (χ4n) is 5.87. The number of dihydropyridines is 1. The van der Waals surface area contributed by atoms with E-state index in [4.69, 9.17) is 19.9 Å². The van der Waals surface area contributed by atoms with Gasteiger partial charge in [-0.05, 0) is 78.8 Å². The molecule has 228 valence electrons. The molecule has 2 aliphatic rings. The lowest BCUT2D eigenvalue weighted by Gasteiger charge is -2.33. The summed E-state index contributed by atoms with van der Waals surface area (Å²) in [5.74, 6) is 0.112. The number of benzene rings is 1. The van der Waals surface area contributed by atoms with Crippen LogP contribution in [0.5, 0.6) is 11.5 Å². The number of carbonyl (C=O) groups is 2. The van der Waals surface area contributed by atoms with E-state index in [1.54, 1.807) is 18.2 Å². The molecular formula is C31H46N2O8. The van der Waals surface area contributed by atoms with Gasteiger partial charge in [-0.1, -0.05) is 25.3 Å². The van der Waals surface area contributed by atoms with Crippen LogP contribution in [0, 0.1) is 11.8 Å². The number of phenols is 1. The predicted octanol–water partition coefficient (Wildman–Crippen LogP) is 3.32. The number of aliphatic hydroxyl groups excluding tert-OH is 2. The fourth-order valence-corrected chi connectivity index (χ4v) is 5.87. The Morgan fingerprint density at radius 1 is 1.10 bits per heavy atom. The van der Waals surface area contributed by atoms with E-state index in [0.29, 0.717) is 31.6 Å². The molecule has 0 spiro atoms. The molecule has 3 rings (SSSR count). The van der Waals surface area contributed by atoms with E-state index in [1.165, 1.54) is 13.8 Å². The fraction of sp³-hybridized carbons (Fsp3) is 0.613. The van der Waals surface area contributed by atoms with Crippen LogP contribution in [0.15, 0.2) is 30.1 Å². The van der Waals surface area contributed by atoms with Gasteiger partial charge < -0.3 is 40.6 Å². The van der Waals surface area contributed by atoms with Crippen LogP contribution in [0.4, 0.5) is 0 Å². The minimum Gasteiger partial charge on any atom is -0.504 e. The monoisotopic (exact) mass is 574 g/mol. The van der Waals surface area contributed by atoms with Gasteiger partial charge in [0.05, 0.1) is 12.4 Å². The summed E-state index contributed by atoms with van der Waals surface area (Å²) in [7, 11) is 0. The number of esters is 2. The molecule has 4 atom stereocenters. The Kier molecular flexibility index (Phi) is 12.8. The lowest BCUT2D eigenvalue weighted by molar-refractivity contribution is -0.156. The van der Waals surface area contributed by atoms with Gasteiger partial charge in [-0.15, -0.1) is 0 Å². The Morgan fingerprint density at radius 2 is 1.85 bits per heavy atom. The molecule has 0 aromatic heterocycles. The molecule has 1 aromatic carbocycles. The summed E-state index contributed by atoms with van der Waals surface area (Å²) in [4.78, 5) is 24.3. The largest absolute Gasteiger partial charge is 0.504 e. The van der Waals surface area contributed by atoms with E-state index in [9.17, 15) is 24.9 Å². The number of carbonyl (C=O) groups excluding carboxylic acids is 2. The summed E-state index contributed by atoms with van der Waals surface area (Å²) in [5.41, 5.74) is 8.47. The number of hydrogen-bond acceptors (Lipinski definition) is 10. The Hall–Kier alpha value is -3.24. The molecule has 41 heavy (non-hydrogen) atoms. The number of nitrogens with two attached hydrogens (primary N) is 1. The summed E-state index contributed by atoms with van der Waals surface area (Å²) in [6, 6.07) is 3.36. The van der Waals surface area contributed by atoms with Crippen molar-refractivity contribution in [1.29, 1.82) is 0 Å². The van der Waals surface area contributed by atoms with Gasteiger partial charge in [-0.2, -0.15) is 0 Å². The second-order valence-corrected chi connectivity index (χ2v) is 11.0. The van der Waals surface area contributed by atoms with Crippen molar-refractivity contribution in [1.82, 2.24) is 5.32 Å². The van der Waals surface area contributed by atoms with E-state index in [1.807, 2.05) is 6.08 Å². The Balaban J connectivity index is 1.87. The highest BCUT2D eigenvalue weighted by molar-refractivity contribution is 5.79. The number of aryl methyl sites for hydroxylation is 1. The second kappa shape index (κ2) is 16.3. The first-order valence-corrected chi connectivity index (χ1v) is 14.7. The van der Waals surface area contributed by atoms with Crippen LogP contribution in [0.3, 0.4) is 0 Å². The van der Waals surface area contributed by atoms with Crippen molar-refractivity contribution in [3.05, 3.63) is 41.2 Å². The standard InChI is InChI=1S/C31H46N2O8/c1-20(36)40-26(17-29(41-21(2)37)25-7-5-3-4-6-22(14-25)19-35)9-8-23-15-30(39-13-12-34)28(38)18-27(23)24-10-11-33-31(32)16-24/h10,15-16,18,22,25-26,29,33-35,38H,3-9,11-14,17,19,32H2,1-2H3/t22-,25+,26-,29-/m1/s1. The molecule has 1 aliphatic carbocycles. The van der Waals surface area contributed by atoms with Crippen molar-refractivity contribution in [2.24, 2.45) is 17.6 Å². The molecule has 0 bridgehead atoms. The number of rotatable bonds is 13. The number of ether oxygens (including phenoxy) is 3. The van der Waals surface area contributed by atoms with Crippen molar-refractivity contribution in [2.75, 3.05) is 26.4 Å². The number of phenolic OH excluding ortho intramolecular Hbond substituents is 1. The lowest BCUT2D eigenvalue weighted by atomic mass is 9.80. The van der Waals surface area contributed by atoms with E-state index in [0.717, 1.165) is 55.2 Å². The quantitative estimate of drug-likeness (QED) is 0.221. The summed E-state index contributed by atoms with van der Waals surface area (Å²) in [5, 5.41) is 32.8. The Bertz CT molecular complexity index is 1090. The third kappa shape index (κ3) is 10.3. The second-order valence-electron chi connectivity index (χ2n) is 11.0. The topological polar surface area (TPSA) is 161 Å². The molecule has 10 nitrogen and oxygen atoms in total. The number of aromatic hydroxyl groups is 1. The smallest absolute Gasteiger partial charge is 0.302 e. The maximum Gasteiger partial charge on any atom is 0.302 e. The zero-order chi connectivity index (χ0) is 29.8. The van der Waals surface area contributed by atoms with Crippen molar-refractivity contribution in [3.8, 4) is 11.5 Å². The van der Waals surface area contributed by atoms with Crippen LogP contribution in [0.25, 0.3) is 5.57 Å². The lowest BCUT2D eigenvalue weighted by Crippen LogP contribution is -2.34. The molecule has 1 saturated carbocycles. The maximum absolute atomic E-state index is 12.1. The average molecular weight is 575 g/mol. The summed E-state index contributed by atoms with van der Waals surface area (Å²) in [6.07, 6.45) is 9.81. The van der Waals surface area contributed by atoms with Crippen LogP contribution >= 0.6 is 0 Å². The molecule has 1 aliphatic heterocycles. The van der Waals surface area contributed by atoms with Gasteiger partial charge in [0.2, 0.25) is 0 Å². The highest BCUT2D eigenvalue weighted by atomic mass is 16.6. The van der Waals surface area contributed by atoms with Gasteiger partial charge in [0, 0.05) is 33.4 Å². The number of hydrogen-bond donors (Lipinski definition) is 5. The highest BCUT2D eigenvalue weighted by Gasteiger charge is 2.31. The van der Waals surface area contributed by atoms with Gasteiger partial charge in [-0.3, -0.25) is 9.59 Å². The van der Waals surface area contributed by atoms with Gasteiger partial charge in [-0.25, -0.2) is 0 Å². The number of allylic oxidation sites excluding steroid dienone is 2. The predicted molar refractivity (Wildman–Crippen MR) is 155 cm³/mol. The minimum atomic E-state index is -0.527.